The van der Waals surface area contributed by atoms with Gasteiger partial charge in [-0.1, -0.05) is 10.8 Å². The van der Waals surface area contributed by atoms with E-state index in [2.05, 4.69) is 5.10 Å². The van der Waals surface area contributed by atoms with E-state index in [-0.39, 0.29) is 18.0 Å². The van der Waals surface area contributed by atoms with Crippen LogP contribution in [0.2, 0.25) is 0 Å². The highest BCUT2D eigenvalue weighted by Crippen LogP contribution is 2.26. The van der Waals surface area contributed by atoms with Gasteiger partial charge in [-0.3, -0.25) is 0 Å². The third kappa shape index (κ3) is 1.48. The summed E-state index contributed by atoms with van der Waals surface area (Å²) in [7, 11) is 0. The summed E-state index contributed by atoms with van der Waals surface area (Å²) in [5.41, 5.74) is 0. The van der Waals surface area contributed by atoms with Gasteiger partial charge in [-0.05, 0) is 23.0 Å². The minimum atomic E-state index is -0.167. The predicted molar refractivity (Wildman–Crippen MR) is 55.0 cm³/mol. The summed E-state index contributed by atoms with van der Waals surface area (Å²) < 4.78 is 7.15. The average Bonchev–Trinajstić information content (AvgIpc) is 2.89. The summed E-state index contributed by atoms with van der Waals surface area (Å²) in [5, 5.41) is 17.5. The van der Waals surface area contributed by atoms with Crippen LogP contribution in [0.15, 0.2) is 22.6 Å². The molecule has 3 heterocycles. The Morgan fingerprint density at radius 1 is 1.67 bits per heavy atom. The van der Waals surface area contributed by atoms with Gasteiger partial charge in [0.2, 0.25) is 6.21 Å². The van der Waals surface area contributed by atoms with Gasteiger partial charge in [0.05, 0.1) is 17.4 Å². The van der Waals surface area contributed by atoms with Gasteiger partial charge < -0.3 is 9.84 Å². The quantitative estimate of drug-likeness (QED) is 0.639. The first-order chi connectivity index (χ1) is 7.34. The Morgan fingerprint density at radius 3 is 3.40 bits per heavy atom. The van der Waals surface area contributed by atoms with Crippen LogP contribution >= 0.6 is 11.3 Å². The van der Waals surface area contributed by atoms with Crippen molar-refractivity contribution in [2.24, 2.45) is 11.0 Å². The highest BCUT2D eigenvalue weighted by atomic mass is 32.1. The van der Waals surface area contributed by atoms with Crippen molar-refractivity contribution in [1.29, 1.82) is 0 Å². The molecule has 0 aromatic carbocycles. The van der Waals surface area contributed by atoms with Crippen LogP contribution in [-0.2, 0) is 4.74 Å². The maximum absolute atomic E-state index is 11.5. The van der Waals surface area contributed by atoms with E-state index in [9.17, 15) is 5.11 Å². The fourth-order valence-corrected chi connectivity index (χ4v) is 2.56. The van der Waals surface area contributed by atoms with Gasteiger partial charge >= 0.3 is 0 Å². The van der Waals surface area contributed by atoms with E-state index in [1.54, 1.807) is 16.0 Å². The molecule has 1 aromatic rings. The van der Waals surface area contributed by atoms with Gasteiger partial charge in [0.15, 0.2) is 0 Å². The van der Waals surface area contributed by atoms with Crippen molar-refractivity contribution in [2.45, 2.75) is 12.6 Å². The Hall–Kier alpha value is -1.20. The molecule has 0 radical (unpaired) electrons. The molecular weight excluding hydrogens is 212 g/mol. The van der Waals surface area contributed by atoms with Crippen molar-refractivity contribution in [3.05, 3.63) is 22.4 Å². The van der Waals surface area contributed by atoms with E-state index < -0.39 is 0 Å². The zero-order chi connectivity index (χ0) is 10.3. The molecule has 2 atom stereocenters. The van der Waals surface area contributed by atoms with Crippen LogP contribution in [0, 0.1) is 5.92 Å². The molecule has 0 amide bonds. The lowest BCUT2D eigenvalue weighted by Gasteiger charge is -2.05. The Labute approximate surface area is 91.1 Å². The van der Waals surface area contributed by atoms with Crippen LogP contribution < -0.4 is 5.11 Å². The van der Waals surface area contributed by atoms with Crippen molar-refractivity contribution in [3.8, 4) is 0 Å². The molecule has 1 aromatic heterocycles. The van der Waals surface area contributed by atoms with E-state index in [4.69, 9.17) is 4.74 Å². The zero-order valence-corrected chi connectivity index (χ0v) is 8.81. The van der Waals surface area contributed by atoms with E-state index in [0.717, 1.165) is 11.3 Å². The lowest BCUT2D eigenvalue weighted by atomic mass is 10.1. The largest absolute Gasteiger partial charge is 0.857 e. The van der Waals surface area contributed by atoms with Gasteiger partial charge in [-0.2, -0.15) is 0 Å². The van der Waals surface area contributed by atoms with E-state index in [1.807, 2.05) is 23.7 Å². The molecule has 0 unspecified atom stereocenters. The second kappa shape index (κ2) is 3.43. The Balaban J connectivity index is 1.94. The highest BCUT2D eigenvalue weighted by molar-refractivity contribution is 7.11. The number of hydrazone groups is 1. The van der Waals surface area contributed by atoms with Crippen molar-refractivity contribution in [2.75, 3.05) is 6.61 Å². The predicted octanol–water partition coefficient (Wildman–Crippen LogP) is 0.229. The summed E-state index contributed by atoms with van der Waals surface area (Å²) in [6.07, 6.45) is 2.50. The van der Waals surface area contributed by atoms with Crippen LogP contribution in [-0.4, -0.2) is 29.6 Å². The van der Waals surface area contributed by atoms with Crippen molar-refractivity contribution >= 4 is 23.4 Å². The molecule has 78 valence electrons. The molecule has 0 spiro atoms. The first kappa shape index (κ1) is 9.06. The lowest BCUT2D eigenvalue weighted by Crippen LogP contribution is -2.29. The SMILES string of the molecule is [O-]C1=N/[N+](=C\c2cccs2)[C@@H]2OCC[C@H]12. The van der Waals surface area contributed by atoms with Crippen molar-refractivity contribution < 1.29 is 14.5 Å². The normalized spacial score (nSPS) is 32.0. The summed E-state index contributed by atoms with van der Waals surface area (Å²) in [4.78, 5) is 1.09. The minimum absolute atomic E-state index is 0.0506. The fraction of sp³-hybridized carbons (Fsp3) is 0.400. The number of fused-ring (bicyclic) bond motifs is 1. The number of ether oxygens (including phenoxy) is 1. The molecule has 1 saturated heterocycles. The Bertz CT molecular complexity index is 425. The van der Waals surface area contributed by atoms with Gasteiger partial charge in [0, 0.05) is 5.90 Å². The monoisotopic (exact) mass is 222 g/mol. The van der Waals surface area contributed by atoms with E-state index >= 15 is 0 Å². The van der Waals surface area contributed by atoms with Gasteiger partial charge in [0.25, 0.3) is 6.23 Å². The van der Waals surface area contributed by atoms with Crippen LogP contribution in [0.25, 0.3) is 0 Å². The molecule has 2 aliphatic heterocycles. The molecule has 0 saturated carbocycles. The summed E-state index contributed by atoms with van der Waals surface area (Å²) in [6, 6.07) is 3.97. The van der Waals surface area contributed by atoms with Crippen LogP contribution in [0.3, 0.4) is 0 Å². The average molecular weight is 222 g/mol. The number of hydrogen-bond acceptors (Lipinski definition) is 4. The Kier molecular flexibility index (Phi) is 2.07. The molecule has 0 N–H and O–H groups in total. The molecule has 2 aliphatic rings. The molecular formula is C10H10N2O2S. The first-order valence-corrected chi connectivity index (χ1v) is 5.76. The zero-order valence-electron chi connectivity index (χ0n) is 8.00. The summed E-state index contributed by atoms with van der Waals surface area (Å²) >= 11 is 1.62. The smallest absolute Gasteiger partial charge is 0.295 e. The molecule has 0 bridgehead atoms. The van der Waals surface area contributed by atoms with Crippen molar-refractivity contribution in [1.82, 2.24) is 0 Å². The van der Waals surface area contributed by atoms with Gasteiger partial charge in [-0.15, -0.1) is 11.3 Å². The molecule has 15 heavy (non-hydrogen) atoms. The van der Waals surface area contributed by atoms with Crippen molar-refractivity contribution in [3.63, 3.8) is 0 Å². The van der Waals surface area contributed by atoms with Crippen LogP contribution in [0.1, 0.15) is 11.3 Å². The molecule has 1 fully saturated rings. The summed E-state index contributed by atoms with van der Waals surface area (Å²) in [6.45, 7) is 0.658. The Morgan fingerprint density at radius 2 is 2.60 bits per heavy atom. The topological polar surface area (TPSA) is 47.7 Å². The number of nitrogens with zero attached hydrogens (tertiary/aromatic N) is 2. The first-order valence-electron chi connectivity index (χ1n) is 4.88. The van der Waals surface area contributed by atoms with E-state index in [1.165, 1.54) is 0 Å². The number of hydrogen-bond donors (Lipinski definition) is 0. The van der Waals surface area contributed by atoms with E-state index in [0.29, 0.717) is 6.61 Å². The van der Waals surface area contributed by atoms with Crippen LogP contribution in [0.4, 0.5) is 0 Å². The lowest BCUT2D eigenvalue weighted by molar-refractivity contribution is -0.603. The molecule has 5 heteroatoms. The third-order valence-corrected chi connectivity index (χ3v) is 3.46. The molecule has 3 rings (SSSR count). The second-order valence-corrected chi connectivity index (χ2v) is 4.60. The van der Waals surface area contributed by atoms with Crippen LogP contribution in [0.5, 0.6) is 0 Å². The van der Waals surface area contributed by atoms with Gasteiger partial charge in [0.1, 0.15) is 0 Å². The molecule has 0 aliphatic carbocycles. The molecule has 4 nitrogen and oxygen atoms in total. The number of rotatable bonds is 1. The summed E-state index contributed by atoms with van der Waals surface area (Å²) in [5.74, 6) is -0.105. The number of thiophene rings is 1. The minimum Gasteiger partial charge on any atom is -0.857 e. The highest BCUT2D eigenvalue weighted by Gasteiger charge is 2.43. The standard InChI is InChI=1S/C10H10N2O2S/c13-9-8-3-4-14-10(8)12(11-9)6-7-2-1-5-15-7/h1-2,5-6,8,10H,3-4H2/b12-6-/t8-,10-/m1/s1. The fourth-order valence-electron chi connectivity index (χ4n) is 1.92. The second-order valence-electron chi connectivity index (χ2n) is 3.62. The maximum Gasteiger partial charge on any atom is 0.295 e. The third-order valence-electron chi connectivity index (χ3n) is 2.66. The maximum atomic E-state index is 11.5. The van der Waals surface area contributed by atoms with Gasteiger partial charge in [-0.25, -0.2) is 0 Å².